The Kier molecular flexibility index (Phi) is 3.64. The van der Waals surface area contributed by atoms with Gasteiger partial charge in [-0.2, -0.15) is 0 Å². The van der Waals surface area contributed by atoms with Crippen LogP contribution >= 0.6 is 0 Å². The van der Waals surface area contributed by atoms with E-state index in [1.807, 2.05) is 7.05 Å². The van der Waals surface area contributed by atoms with E-state index in [-0.39, 0.29) is 18.2 Å². The third-order valence-corrected chi connectivity index (χ3v) is 3.19. The first-order chi connectivity index (χ1) is 8.56. The zero-order chi connectivity index (χ0) is 13.1. The number of aromatic nitrogens is 2. The number of carboxylic acids is 1. The first-order valence-electron chi connectivity index (χ1n) is 6.05. The first-order valence-corrected chi connectivity index (χ1v) is 6.05. The monoisotopic (exact) mass is 251 g/mol. The van der Waals surface area contributed by atoms with Gasteiger partial charge in [-0.1, -0.05) is 0 Å². The van der Waals surface area contributed by atoms with Gasteiger partial charge in [-0.3, -0.25) is 9.59 Å². The van der Waals surface area contributed by atoms with Gasteiger partial charge in [0.2, 0.25) is 0 Å². The number of nitrogens with zero attached hydrogens (tertiary/aromatic N) is 3. The molecule has 1 aliphatic rings. The molecule has 1 atom stereocenters. The molecule has 2 heterocycles. The van der Waals surface area contributed by atoms with Gasteiger partial charge in [-0.25, -0.2) is 4.98 Å². The zero-order valence-corrected chi connectivity index (χ0v) is 10.4. The molecule has 1 fully saturated rings. The maximum Gasteiger partial charge on any atom is 0.303 e. The molecule has 98 valence electrons. The second-order valence-electron chi connectivity index (χ2n) is 4.78. The van der Waals surface area contributed by atoms with Crippen molar-refractivity contribution in [3.8, 4) is 0 Å². The molecule has 1 aromatic rings. The number of rotatable bonds is 3. The Balaban J connectivity index is 2.00. The van der Waals surface area contributed by atoms with Crippen molar-refractivity contribution in [2.75, 3.05) is 13.1 Å². The molecule has 0 aromatic carbocycles. The summed E-state index contributed by atoms with van der Waals surface area (Å²) in [6, 6.07) is 0. The van der Waals surface area contributed by atoms with Crippen LogP contribution in [0.15, 0.2) is 12.5 Å². The van der Waals surface area contributed by atoms with Crippen LogP contribution in [0.3, 0.4) is 0 Å². The van der Waals surface area contributed by atoms with Gasteiger partial charge in [0, 0.05) is 32.8 Å². The van der Waals surface area contributed by atoms with Crippen LogP contribution in [0.25, 0.3) is 0 Å². The number of carboxylic acid groups (broad SMARTS) is 1. The van der Waals surface area contributed by atoms with Crippen LogP contribution in [-0.2, 0) is 11.8 Å². The molecule has 18 heavy (non-hydrogen) atoms. The summed E-state index contributed by atoms with van der Waals surface area (Å²) in [5, 5.41) is 8.79. The van der Waals surface area contributed by atoms with E-state index in [0.29, 0.717) is 18.8 Å². The molecule has 1 N–H and O–H groups in total. The molecule has 1 aromatic heterocycles. The summed E-state index contributed by atoms with van der Waals surface area (Å²) in [6.07, 6.45) is 5.13. The summed E-state index contributed by atoms with van der Waals surface area (Å²) in [4.78, 5) is 28.6. The molecular weight excluding hydrogens is 234 g/mol. The van der Waals surface area contributed by atoms with E-state index in [2.05, 4.69) is 4.98 Å². The number of aryl methyl sites for hydroxylation is 1. The standard InChI is InChI=1S/C12H17N3O3/c1-14-7-10(13-8-14)12(18)15-4-2-3-9(6-15)5-11(16)17/h7-9H,2-6H2,1H3,(H,16,17). The van der Waals surface area contributed by atoms with Crippen molar-refractivity contribution in [1.82, 2.24) is 14.5 Å². The molecule has 1 amide bonds. The summed E-state index contributed by atoms with van der Waals surface area (Å²) >= 11 is 0. The topological polar surface area (TPSA) is 75.4 Å². The van der Waals surface area contributed by atoms with E-state index in [1.165, 1.54) is 0 Å². The second-order valence-corrected chi connectivity index (χ2v) is 4.78. The van der Waals surface area contributed by atoms with E-state index < -0.39 is 5.97 Å². The smallest absolute Gasteiger partial charge is 0.303 e. The average Bonchev–Trinajstić information content (AvgIpc) is 2.74. The van der Waals surface area contributed by atoms with E-state index in [9.17, 15) is 9.59 Å². The molecule has 1 aliphatic heterocycles. The maximum atomic E-state index is 12.1. The second kappa shape index (κ2) is 5.20. The molecular formula is C12H17N3O3. The highest BCUT2D eigenvalue weighted by Gasteiger charge is 2.26. The van der Waals surface area contributed by atoms with Crippen LogP contribution in [0.4, 0.5) is 0 Å². The zero-order valence-electron chi connectivity index (χ0n) is 10.4. The molecule has 6 nitrogen and oxygen atoms in total. The minimum absolute atomic E-state index is 0.0592. The quantitative estimate of drug-likeness (QED) is 0.860. The number of hydrogen-bond acceptors (Lipinski definition) is 3. The average molecular weight is 251 g/mol. The number of imidazole rings is 1. The van der Waals surface area contributed by atoms with Crippen LogP contribution < -0.4 is 0 Å². The fourth-order valence-electron chi connectivity index (χ4n) is 2.35. The van der Waals surface area contributed by atoms with Crippen molar-refractivity contribution in [3.05, 3.63) is 18.2 Å². The van der Waals surface area contributed by atoms with E-state index >= 15 is 0 Å². The first kappa shape index (κ1) is 12.6. The van der Waals surface area contributed by atoms with Crippen LogP contribution in [0.2, 0.25) is 0 Å². The Hall–Kier alpha value is -1.85. The van der Waals surface area contributed by atoms with Crippen LogP contribution in [0.1, 0.15) is 29.8 Å². The Morgan fingerprint density at radius 2 is 2.33 bits per heavy atom. The van der Waals surface area contributed by atoms with Gasteiger partial charge in [0.05, 0.1) is 6.33 Å². The van der Waals surface area contributed by atoms with Crippen molar-refractivity contribution < 1.29 is 14.7 Å². The Bertz CT molecular complexity index is 455. The molecule has 6 heteroatoms. The molecule has 0 spiro atoms. The minimum Gasteiger partial charge on any atom is -0.481 e. The van der Waals surface area contributed by atoms with Crippen LogP contribution in [-0.4, -0.2) is 44.5 Å². The van der Waals surface area contributed by atoms with Gasteiger partial charge < -0.3 is 14.6 Å². The normalized spacial score (nSPS) is 19.8. The van der Waals surface area contributed by atoms with E-state index in [1.54, 1.807) is 22.0 Å². The number of amides is 1. The molecule has 1 saturated heterocycles. The maximum absolute atomic E-state index is 12.1. The van der Waals surface area contributed by atoms with Crippen molar-refractivity contribution in [2.45, 2.75) is 19.3 Å². The molecule has 0 saturated carbocycles. The van der Waals surface area contributed by atoms with Crippen molar-refractivity contribution in [2.24, 2.45) is 13.0 Å². The van der Waals surface area contributed by atoms with Gasteiger partial charge in [0.15, 0.2) is 0 Å². The molecule has 2 rings (SSSR count). The fraction of sp³-hybridized carbons (Fsp3) is 0.583. The Labute approximate surface area is 105 Å². The van der Waals surface area contributed by atoms with Crippen LogP contribution in [0.5, 0.6) is 0 Å². The number of likely N-dealkylation sites (tertiary alicyclic amines) is 1. The largest absolute Gasteiger partial charge is 0.481 e. The Morgan fingerprint density at radius 3 is 2.94 bits per heavy atom. The number of carbonyl (C=O) groups excluding carboxylic acids is 1. The lowest BCUT2D eigenvalue weighted by atomic mass is 9.95. The van der Waals surface area contributed by atoms with E-state index in [4.69, 9.17) is 5.11 Å². The number of piperidine rings is 1. The van der Waals surface area contributed by atoms with Gasteiger partial charge in [-0.05, 0) is 18.8 Å². The van der Waals surface area contributed by atoms with Gasteiger partial charge in [-0.15, -0.1) is 0 Å². The summed E-state index contributed by atoms with van der Waals surface area (Å²) in [6.45, 7) is 1.20. The lowest BCUT2D eigenvalue weighted by Gasteiger charge is -2.31. The highest BCUT2D eigenvalue weighted by atomic mass is 16.4. The molecule has 0 radical (unpaired) electrons. The molecule has 1 unspecified atom stereocenters. The number of aliphatic carboxylic acids is 1. The SMILES string of the molecule is Cn1cnc(C(=O)N2CCCC(CC(=O)O)C2)c1. The van der Waals surface area contributed by atoms with Gasteiger partial charge in [0.25, 0.3) is 5.91 Å². The van der Waals surface area contributed by atoms with Crippen molar-refractivity contribution in [1.29, 1.82) is 0 Å². The lowest BCUT2D eigenvalue weighted by Crippen LogP contribution is -2.40. The molecule has 0 bridgehead atoms. The summed E-state index contributed by atoms with van der Waals surface area (Å²) in [5.74, 6) is -0.846. The van der Waals surface area contributed by atoms with Crippen molar-refractivity contribution >= 4 is 11.9 Å². The molecule has 0 aliphatic carbocycles. The summed E-state index contributed by atoms with van der Waals surface area (Å²) in [7, 11) is 1.81. The van der Waals surface area contributed by atoms with E-state index in [0.717, 1.165) is 12.8 Å². The lowest BCUT2D eigenvalue weighted by molar-refractivity contribution is -0.138. The highest BCUT2D eigenvalue weighted by Crippen LogP contribution is 2.20. The van der Waals surface area contributed by atoms with Gasteiger partial charge >= 0.3 is 5.97 Å². The number of hydrogen-bond donors (Lipinski definition) is 1. The third kappa shape index (κ3) is 2.88. The Morgan fingerprint density at radius 1 is 1.56 bits per heavy atom. The fourth-order valence-corrected chi connectivity index (χ4v) is 2.35. The highest BCUT2D eigenvalue weighted by molar-refractivity contribution is 5.92. The summed E-state index contributed by atoms with van der Waals surface area (Å²) < 4.78 is 1.73. The predicted molar refractivity (Wildman–Crippen MR) is 64.1 cm³/mol. The summed E-state index contributed by atoms with van der Waals surface area (Å²) in [5.41, 5.74) is 0.425. The van der Waals surface area contributed by atoms with Crippen LogP contribution in [0, 0.1) is 5.92 Å². The number of carbonyl (C=O) groups is 2. The third-order valence-electron chi connectivity index (χ3n) is 3.19. The predicted octanol–water partition coefficient (Wildman–Crippen LogP) is 0.747. The van der Waals surface area contributed by atoms with Gasteiger partial charge in [0.1, 0.15) is 5.69 Å². The minimum atomic E-state index is -0.799. The van der Waals surface area contributed by atoms with Crippen molar-refractivity contribution in [3.63, 3.8) is 0 Å².